The molecule has 8 nitrogen and oxygen atoms in total. The Kier molecular flexibility index (Phi) is 7.81. The van der Waals surface area contributed by atoms with Crippen LogP contribution in [-0.2, 0) is 14.8 Å². The van der Waals surface area contributed by atoms with Crippen LogP contribution in [0.4, 0.5) is 20.6 Å². The fourth-order valence-electron chi connectivity index (χ4n) is 3.38. The lowest BCUT2D eigenvalue weighted by atomic mass is 10.2. The van der Waals surface area contributed by atoms with Crippen LogP contribution in [0.3, 0.4) is 0 Å². The van der Waals surface area contributed by atoms with Gasteiger partial charge in [-0.25, -0.2) is 17.6 Å². The Morgan fingerprint density at radius 2 is 1.47 bits per heavy atom. The van der Waals surface area contributed by atoms with Crippen LogP contribution in [-0.4, -0.2) is 44.4 Å². The van der Waals surface area contributed by atoms with Crippen molar-refractivity contribution in [2.24, 2.45) is 0 Å². The van der Waals surface area contributed by atoms with Crippen molar-refractivity contribution in [1.29, 1.82) is 0 Å². The zero-order chi connectivity index (χ0) is 23.1. The number of nitrogens with zero attached hydrogens (tertiary/aromatic N) is 1. The Labute approximate surface area is 187 Å². The first-order valence-electron chi connectivity index (χ1n) is 10.5. The molecule has 2 aromatic rings. The normalized spacial score (nSPS) is 15.5. The second-order valence-corrected chi connectivity index (χ2v) is 9.35. The molecule has 0 aliphatic carbocycles. The van der Waals surface area contributed by atoms with Gasteiger partial charge >= 0.3 is 6.03 Å². The van der Waals surface area contributed by atoms with Gasteiger partial charge in [0.1, 0.15) is 10.7 Å². The topological polar surface area (TPSA) is 108 Å². The van der Waals surface area contributed by atoms with E-state index in [4.69, 9.17) is 0 Å². The van der Waals surface area contributed by atoms with E-state index in [-0.39, 0.29) is 6.03 Å². The van der Waals surface area contributed by atoms with Gasteiger partial charge in [0.05, 0.1) is 6.04 Å². The maximum absolute atomic E-state index is 13.8. The molecule has 0 aromatic heterocycles. The van der Waals surface area contributed by atoms with Crippen LogP contribution in [0.5, 0.6) is 0 Å². The summed E-state index contributed by atoms with van der Waals surface area (Å²) in [6.07, 6.45) is 4.26. The van der Waals surface area contributed by atoms with E-state index in [1.165, 1.54) is 19.1 Å². The molecule has 32 heavy (non-hydrogen) atoms. The maximum Gasteiger partial charge on any atom is 0.321 e. The zero-order valence-electron chi connectivity index (χ0n) is 17.8. The Bertz CT molecular complexity index is 1050. The number of likely N-dealkylation sites (tertiary alicyclic amines) is 1. The number of amides is 3. The lowest BCUT2D eigenvalue weighted by Gasteiger charge is -2.21. The molecule has 3 N–H and O–H groups in total. The number of rotatable bonds is 6. The van der Waals surface area contributed by atoms with Crippen LogP contribution in [0.15, 0.2) is 53.4 Å². The van der Waals surface area contributed by atoms with Crippen LogP contribution in [0.1, 0.15) is 32.6 Å². The number of halogens is 1. The van der Waals surface area contributed by atoms with Gasteiger partial charge in [0.15, 0.2) is 0 Å². The molecule has 3 amide bonds. The largest absolute Gasteiger partial charge is 0.325 e. The summed E-state index contributed by atoms with van der Waals surface area (Å²) in [4.78, 5) is 26.1. The molecule has 1 heterocycles. The van der Waals surface area contributed by atoms with Crippen LogP contribution < -0.4 is 15.4 Å². The molecule has 1 saturated heterocycles. The maximum atomic E-state index is 13.8. The number of carbonyl (C=O) groups excluding carboxylic acids is 2. The first-order valence-corrected chi connectivity index (χ1v) is 12.0. The van der Waals surface area contributed by atoms with Gasteiger partial charge in [0.25, 0.3) is 0 Å². The first kappa shape index (κ1) is 23.7. The highest BCUT2D eigenvalue weighted by Crippen LogP contribution is 2.17. The van der Waals surface area contributed by atoms with E-state index in [0.717, 1.165) is 50.9 Å². The molecule has 1 aliphatic heterocycles. The molecule has 172 valence electrons. The highest BCUT2D eigenvalue weighted by molar-refractivity contribution is 7.89. The summed E-state index contributed by atoms with van der Waals surface area (Å²) in [5, 5.41) is 5.44. The van der Waals surface area contributed by atoms with Crippen molar-refractivity contribution >= 4 is 33.3 Å². The Morgan fingerprint density at radius 3 is 2.06 bits per heavy atom. The van der Waals surface area contributed by atoms with E-state index >= 15 is 0 Å². The van der Waals surface area contributed by atoms with Crippen molar-refractivity contribution in [2.75, 3.05) is 23.7 Å². The lowest BCUT2D eigenvalue weighted by Crippen LogP contribution is -2.41. The van der Waals surface area contributed by atoms with Crippen LogP contribution in [0, 0.1) is 5.82 Å². The minimum absolute atomic E-state index is 0.153. The second kappa shape index (κ2) is 10.6. The zero-order valence-corrected chi connectivity index (χ0v) is 18.6. The van der Waals surface area contributed by atoms with Crippen molar-refractivity contribution in [3.8, 4) is 0 Å². The third-order valence-corrected chi connectivity index (χ3v) is 6.72. The standard InChI is InChI=1S/C22H27FN4O4S/c1-16(26-32(30,31)20-9-5-4-8-19(20)23)21(28)24-17-10-12-18(13-11-17)25-22(29)27-14-6-2-3-7-15-27/h4-5,8-13,16,26H,2-3,6-7,14-15H2,1H3,(H,24,28)(H,25,29)/t16-/m0/s1. The van der Waals surface area contributed by atoms with Crippen molar-refractivity contribution in [3.05, 3.63) is 54.3 Å². The van der Waals surface area contributed by atoms with E-state index in [1.54, 1.807) is 29.2 Å². The van der Waals surface area contributed by atoms with E-state index < -0.39 is 32.7 Å². The fraction of sp³-hybridized carbons (Fsp3) is 0.364. The second-order valence-electron chi connectivity index (χ2n) is 7.67. The number of hydrogen-bond donors (Lipinski definition) is 3. The molecule has 1 atom stereocenters. The highest BCUT2D eigenvalue weighted by atomic mass is 32.2. The average molecular weight is 463 g/mol. The molecule has 0 radical (unpaired) electrons. The van der Waals surface area contributed by atoms with Crippen LogP contribution >= 0.6 is 0 Å². The molecule has 10 heteroatoms. The van der Waals surface area contributed by atoms with Gasteiger partial charge in [0.2, 0.25) is 15.9 Å². The highest BCUT2D eigenvalue weighted by Gasteiger charge is 2.24. The summed E-state index contributed by atoms with van der Waals surface area (Å²) in [6, 6.07) is 10.2. The summed E-state index contributed by atoms with van der Waals surface area (Å²) >= 11 is 0. The molecule has 3 rings (SSSR count). The minimum Gasteiger partial charge on any atom is -0.325 e. The molecule has 0 bridgehead atoms. The molecule has 0 spiro atoms. The van der Waals surface area contributed by atoms with Gasteiger partial charge in [-0.2, -0.15) is 4.72 Å². The minimum atomic E-state index is -4.20. The average Bonchev–Trinajstić information content (AvgIpc) is 3.04. The number of sulfonamides is 1. The number of hydrogen-bond acceptors (Lipinski definition) is 4. The SMILES string of the molecule is C[C@H](NS(=O)(=O)c1ccccc1F)C(=O)Nc1ccc(NC(=O)N2CCCCCC2)cc1. The van der Waals surface area contributed by atoms with Gasteiger partial charge < -0.3 is 15.5 Å². The van der Waals surface area contributed by atoms with E-state index in [9.17, 15) is 22.4 Å². The molecule has 0 unspecified atom stereocenters. The number of benzene rings is 2. The first-order chi connectivity index (χ1) is 15.3. The Balaban J connectivity index is 1.56. The third kappa shape index (κ3) is 6.27. The number of urea groups is 1. The molecule has 1 fully saturated rings. The predicted octanol–water partition coefficient (Wildman–Crippen LogP) is 3.54. The number of carbonyl (C=O) groups is 2. The smallest absolute Gasteiger partial charge is 0.321 e. The van der Waals surface area contributed by atoms with Gasteiger partial charge in [-0.1, -0.05) is 25.0 Å². The van der Waals surface area contributed by atoms with Gasteiger partial charge in [-0.3, -0.25) is 4.79 Å². The summed E-state index contributed by atoms with van der Waals surface area (Å²) < 4.78 is 40.7. The molecule has 0 saturated carbocycles. The number of anilines is 2. The van der Waals surface area contributed by atoms with Crippen LogP contribution in [0.2, 0.25) is 0 Å². The summed E-state index contributed by atoms with van der Waals surface area (Å²) in [5.74, 6) is -1.50. The van der Waals surface area contributed by atoms with Crippen molar-refractivity contribution in [3.63, 3.8) is 0 Å². The molecular formula is C22H27FN4O4S. The van der Waals surface area contributed by atoms with Gasteiger partial charge in [-0.05, 0) is 56.2 Å². The van der Waals surface area contributed by atoms with Crippen molar-refractivity contribution < 1.29 is 22.4 Å². The monoisotopic (exact) mass is 462 g/mol. The van der Waals surface area contributed by atoms with E-state index in [1.807, 2.05) is 0 Å². The van der Waals surface area contributed by atoms with E-state index in [0.29, 0.717) is 11.4 Å². The van der Waals surface area contributed by atoms with Crippen molar-refractivity contribution in [2.45, 2.75) is 43.5 Å². The summed E-state index contributed by atoms with van der Waals surface area (Å²) in [5.41, 5.74) is 1.02. The Morgan fingerprint density at radius 1 is 0.906 bits per heavy atom. The Hall–Kier alpha value is -2.98. The third-order valence-electron chi connectivity index (χ3n) is 5.15. The molecule has 2 aromatic carbocycles. The lowest BCUT2D eigenvalue weighted by molar-refractivity contribution is -0.117. The van der Waals surface area contributed by atoms with Gasteiger partial charge in [-0.15, -0.1) is 0 Å². The van der Waals surface area contributed by atoms with Gasteiger partial charge in [0, 0.05) is 24.5 Å². The quantitative estimate of drug-likeness (QED) is 0.610. The number of nitrogens with one attached hydrogen (secondary N) is 3. The van der Waals surface area contributed by atoms with E-state index in [2.05, 4.69) is 15.4 Å². The van der Waals surface area contributed by atoms with Crippen LogP contribution in [0.25, 0.3) is 0 Å². The fourth-order valence-corrected chi connectivity index (χ4v) is 4.66. The predicted molar refractivity (Wildman–Crippen MR) is 120 cm³/mol. The summed E-state index contributed by atoms with van der Waals surface area (Å²) in [6.45, 7) is 2.84. The summed E-state index contributed by atoms with van der Waals surface area (Å²) in [7, 11) is -4.20. The molecule has 1 aliphatic rings. The van der Waals surface area contributed by atoms with Crippen molar-refractivity contribution in [1.82, 2.24) is 9.62 Å². The molecular weight excluding hydrogens is 435 g/mol.